The van der Waals surface area contributed by atoms with E-state index in [4.69, 9.17) is 12.2 Å². The molecule has 2 aromatic heterocycles. The second-order valence-electron chi connectivity index (χ2n) is 8.42. The lowest BCUT2D eigenvalue weighted by Crippen LogP contribution is -2.30. The Hall–Kier alpha value is -4.04. The zero-order valence-electron chi connectivity index (χ0n) is 18.8. The molecule has 0 bridgehead atoms. The Labute approximate surface area is 202 Å². The molecular formula is C26H23N5O2S. The van der Waals surface area contributed by atoms with Crippen LogP contribution in [0.5, 0.6) is 0 Å². The Morgan fingerprint density at radius 2 is 1.76 bits per heavy atom. The van der Waals surface area contributed by atoms with Gasteiger partial charge in [0.1, 0.15) is 6.04 Å². The summed E-state index contributed by atoms with van der Waals surface area (Å²) in [6.45, 7) is 4.14. The highest BCUT2D eigenvalue weighted by atomic mass is 32.1. The first kappa shape index (κ1) is 21.8. The number of pyridine rings is 1. The molecule has 0 spiro atoms. The molecule has 34 heavy (non-hydrogen) atoms. The number of nitrogens with one attached hydrogen (secondary N) is 1. The molecule has 4 aromatic rings. The van der Waals surface area contributed by atoms with Gasteiger partial charge in [0.05, 0.1) is 22.3 Å². The van der Waals surface area contributed by atoms with Crippen LogP contribution in [0, 0.1) is 24.0 Å². The summed E-state index contributed by atoms with van der Waals surface area (Å²) >= 11 is 5.84. The molecule has 3 heterocycles. The van der Waals surface area contributed by atoms with Crippen LogP contribution in [0.3, 0.4) is 0 Å². The zero-order chi connectivity index (χ0) is 23.8. The average molecular weight is 470 g/mol. The van der Waals surface area contributed by atoms with Gasteiger partial charge in [0.25, 0.3) is 5.69 Å². The number of nitro groups is 1. The fourth-order valence-electron chi connectivity index (χ4n) is 4.65. The van der Waals surface area contributed by atoms with Gasteiger partial charge < -0.3 is 14.8 Å². The number of benzene rings is 2. The first-order chi connectivity index (χ1) is 16.4. The molecule has 2 atom stereocenters. The normalized spacial score (nSPS) is 17.6. The largest absolute Gasteiger partial charge is 0.351 e. The first-order valence-electron chi connectivity index (χ1n) is 10.9. The van der Waals surface area contributed by atoms with E-state index < -0.39 is 0 Å². The summed E-state index contributed by atoms with van der Waals surface area (Å²) in [7, 11) is 0. The van der Waals surface area contributed by atoms with Crippen molar-refractivity contribution in [3.05, 3.63) is 118 Å². The first-order valence-corrected chi connectivity index (χ1v) is 11.3. The van der Waals surface area contributed by atoms with Gasteiger partial charge in [-0.25, -0.2) is 0 Å². The Morgan fingerprint density at radius 1 is 0.971 bits per heavy atom. The van der Waals surface area contributed by atoms with Crippen molar-refractivity contribution in [3.8, 4) is 5.69 Å². The van der Waals surface area contributed by atoms with Gasteiger partial charge in [-0.1, -0.05) is 18.2 Å². The highest BCUT2D eigenvalue weighted by molar-refractivity contribution is 7.80. The summed E-state index contributed by atoms with van der Waals surface area (Å²) in [6, 6.07) is 22.4. The van der Waals surface area contributed by atoms with Crippen LogP contribution in [0.2, 0.25) is 0 Å². The minimum absolute atomic E-state index is 0.0460. The van der Waals surface area contributed by atoms with Crippen LogP contribution >= 0.6 is 12.2 Å². The number of hydrogen-bond acceptors (Lipinski definition) is 4. The predicted molar refractivity (Wildman–Crippen MR) is 136 cm³/mol. The molecule has 2 aromatic carbocycles. The summed E-state index contributed by atoms with van der Waals surface area (Å²) in [4.78, 5) is 17.8. The maximum atomic E-state index is 11.4. The van der Waals surface area contributed by atoms with E-state index in [1.165, 1.54) is 6.07 Å². The minimum atomic E-state index is -0.378. The van der Waals surface area contributed by atoms with Gasteiger partial charge in [0.2, 0.25) is 0 Å². The molecule has 170 valence electrons. The molecule has 0 radical (unpaired) electrons. The lowest BCUT2D eigenvalue weighted by molar-refractivity contribution is -0.384. The number of hydrogen-bond donors (Lipinski definition) is 1. The molecule has 1 saturated heterocycles. The van der Waals surface area contributed by atoms with Gasteiger partial charge in [-0.05, 0) is 79.7 Å². The highest BCUT2D eigenvalue weighted by Gasteiger charge is 2.42. The maximum Gasteiger partial charge on any atom is 0.271 e. The third-order valence-corrected chi connectivity index (χ3v) is 6.30. The zero-order valence-corrected chi connectivity index (χ0v) is 19.6. The van der Waals surface area contributed by atoms with Crippen molar-refractivity contribution in [1.82, 2.24) is 14.9 Å². The lowest BCUT2D eigenvalue weighted by atomic mass is 10.00. The van der Waals surface area contributed by atoms with Gasteiger partial charge >= 0.3 is 0 Å². The van der Waals surface area contributed by atoms with Crippen molar-refractivity contribution in [2.45, 2.75) is 25.9 Å². The van der Waals surface area contributed by atoms with E-state index in [0.717, 1.165) is 28.2 Å². The van der Waals surface area contributed by atoms with Crippen LogP contribution in [0.15, 0.2) is 85.2 Å². The van der Waals surface area contributed by atoms with Crippen molar-refractivity contribution in [3.63, 3.8) is 0 Å². The number of nitrogens with zero attached hydrogens (tertiary/aromatic N) is 4. The van der Waals surface area contributed by atoms with Crippen molar-refractivity contribution in [2.24, 2.45) is 0 Å². The summed E-state index contributed by atoms with van der Waals surface area (Å²) in [5, 5.41) is 15.5. The van der Waals surface area contributed by atoms with Gasteiger partial charge in [-0.2, -0.15) is 0 Å². The molecule has 1 aliphatic rings. The monoisotopic (exact) mass is 469 g/mol. The van der Waals surface area contributed by atoms with Crippen molar-refractivity contribution < 1.29 is 4.92 Å². The second-order valence-corrected chi connectivity index (χ2v) is 8.81. The topological polar surface area (TPSA) is 76.2 Å². The van der Waals surface area contributed by atoms with Gasteiger partial charge in [0.15, 0.2) is 5.11 Å². The van der Waals surface area contributed by atoms with Crippen molar-refractivity contribution in [2.75, 3.05) is 4.90 Å². The predicted octanol–water partition coefficient (Wildman–Crippen LogP) is 5.57. The van der Waals surface area contributed by atoms with E-state index in [-0.39, 0.29) is 22.7 Å². The number of aromatic nitrogens is 2. The van der Waals surface area contributed by atoms with Crippen LogP contribution in [0.4, 0.5) is 11.4 Å². The average Bonchev–Trinajstić information content (AvgIpc) is 3.43. The Kier molecular flexibility index (Phi) is 5.59. The number of rotatable bonds is 5. The number of non-ortho nitro benzene ring substituents is 1. The Morgan fingerprint density at radius 3 is 2.47 bits per heavy atom. The molecule has 0 unspecified atom stereocenters. The van der Waals surface area contributed by atoms with Gasteiger partial charge in [-0.3, -0.25) is 15.1 Å². The quantitative estimate of drug-likeness (QED) is 0.234. The molecule has 1 aliphatic heterocycles. The highest BCUT2D eigenvalue weighted by Crippen LogP contribution is 2.42. The van der Waals surface area contributed by atoms with E-state index in [9.17, 15) is 10.1 Å². The van der Waals surface area contributed by atoms with Crippen LogP contribution in [0.25, 0.3) is 5.69 Å². The summed E-state index contributed by atoms with van der Waals surface area (Å²) in [5.41, 5.74) is 5.86. The van der Waals surface area contributed by atoms with Gasteiger partial charge in [-0.15, -0.1) is 0 Å². The molecule has 0 aliphatic carbocycles. The summed E-state index contributed by atoms with van der Waals surface area (Å²) < 4.78 is 1.98. The number of nitro benzene ring substituents is 1. The fourth-order valence-corrected chi connectivity index (χ4v) is 5.00. The smallest absolute Gasteiger partial charge is 0.271 e. The van der Waals surface area contributed by atoms with Gasteiger partial charge in [0, 0.05) is 35.9 Å². The number of anilines is 1. The molecule has 1 fully saturated rings. The van der Waals surface area contributed by atoms with Crippen LogP contribution in [0.1, 0.15) is 34.6 Å². The summed E-state index contributed by atoms with van der Waals surface area (Å²) in [5.74, 6) is 0. The Balaban J connectivity index is 1.68. The van der Waals surface area contributed by atoms with Crippen molar-refractivity contribution in [1.29, 1.82) is 0 Å². The van der Waals surface area contributed by atoms with E-state index >= 15 is 0 Å². The summed E-state index contributed by atoms with van der Waals surface area (Å²) in [6.07, 6.45) is 3.70. The van der Waals surface area contributed by atoms with Crippen LogP contribution in [-0.2, 0) is 0 Å². The fraction of sp³-hybridized carbons (Fsp3) is 0.154. The molecule has 5 rings (SSSR count). The number of thiocarbonyl (C=S) groups is 1. The van der Waals surface area contributed by atoms with E-state index in [0.29, 0.717) is 10.8 Å². The SMILES string of the molecule is Cc1cc(C)cc(N2C(=S)N[C@H](c3ccccn3)[C@@H]2c2cccn2-c2cccc([N+](=O)[O-])c2)c1. The third kappa shape index (κ3) is 3.92. The molecule has 0 saturated carbocycles. The van der Waals surface area contributed by atoms with E-state index in [1.54, 1.807) is 18.3 Å². The molecule has 1 N–H and O–H groups in total. The second kappa shape index (κ2) is 8.72. The van der Waals surface area contributed by atoms with Crippen LogP contribution < -0.4 is 10.2 Å². The molecular weight excluding hydrogens is 446 g/mol. The standard InChI is InChI=1S/C26H23N5O2S/c1-17-13-18(2)15-21(14-17)30-25(24(28-26(30)34)22-9-3-4-11-27-22)23-10-6-12-29(23)19-7-5-8-20(16-19)31(32)33/h3-16,24-25H,1-2H3,(H,28,34)/t24-,25+/m1/s1. The lowest BCUT2D eigenvalue weighted by Gasteiger charge is -2.29. The Bertz CT molecular complexity index is 1360. The van der Waals surface area contributed by atoms with E-state index in [2.05, 4.69) is 47.2 Å². The van der Waals surface area contributed by atoms with Crippen LogP contribution in [-0.4, -0.2) is 19.6 Å². The molecule has 8 heteroatoms. The third-order valence-electron chi connectivity index (χ3n) is 5.98. The minimum Gasteiger partial charge on any atom is -0.351 e. The molecule has 0 amide bonds. The maximum absolute atomic E-state index is 11.4. The molecule has 7 nitrogen and oxygen atoms in total. The van der Waals surface area contributed by atoms with E-state index in [1.807, 2.05) is 47.2 Å². The number of aryl methyl sites for hydroxylation is 2. The van der Waals surface area contributed by atoms with Crippen molar-refractivity contribution >= 4 is 28.7 Å².